The van der Waals surface area contributed by atoms with Crippen molar-refractivity contribution in [3.05, 3.63) is 29.8 Å². The van der Waals surface area contributed by atoms with Gasteiger partial charge in [-0.2, -0.15) is 0 Å². The van der Waals surface area contributed by atoms with Gasteiger partial charge >= 0.3 is 0 Å². The smallest absolute Gasteiger partial charge is 0.200 e. The van der Waals surface area contributed by atoms with Crippen molar-refractivity contribution >= 4 is 24.9 Å². The Morgan fingerprint density at radius 3 is 2.00 bits per heavy atom. The van der Waals surface area contributed by atoms with Crippen LogP contribution in [0.2, 0.25) is 16.6 Å². The fourth-order valence-electron chi connectivity index (χ4n) is 4.86. The van der Waals surface area contributed by atoms with Crippen LogP contribution in [0.4, 0.5) is 0 Å². The predicted octanol–water partition coefficient (Wildman–Crippen LogP) is 5.64. The summed E-state index contributed by atoms with van der Waals surface area (Å²) >= 11 is 0. The molecule has 1 aliphatic rings. The highest BCUT2D eigenvalue weighted by atomic mass is 32.2. The zero-order valence-electron chi connectivity index (χ0n) is 18.0. The standard InChI is InChI=1S/C22H36O3SSi/c1-15(2)27(16(3)4,17(5)6)25-14-19-10-13-21(22(19)23)26(24)20-11-8-18(7)9-12-20/h8-9,11-12,15-17,19,21H,10,13-14H2,1-7H3/t19-,21-,26-/m0/s1. The van der Waals surface area contributed by atoms with Crippen LogP contribution in [0.3, 0.4) is 0 Å². The van der Waals surface area contributed by atoms with Gasteiger partial charge in [-0.25, -0.2) is 0 Å². The lowest BCUT2D eigenvalue weighted by molar-refractivity contribution is -0.121. The van der Waals surface area contributed by atoms with Crippen molar-refractivity contribution in [3.63, 3.8) is 0 Å². The Labute approximate surface area is 168 Å². The number of rotatable bonds is 8. The van der Waals surface area contributed by atoms with E-state index in [2.05, 4.69) is 41.5 Å². The lowest BCUT2D eigenvalue weighted by atomic mass is 10.1. The van der Waals surface area contributed by atoms with Gasteiger partial charge in [0.1, 0.15) is 0 Å². The molecule has 2 rings (SSSR count). The van der Waals surface area contributed by atoms with Gasteiger partial charge in [-0.15, -0.1) is 0 Å². The van der Waals surface area contributed by atoms with Crippen molar-refractivity contribution in [2.45, 2.75) is 88.1 Å². The van der Waals surface area contributed by atoms with E-state index in [0.29, 0.717) is 29.7 Å². The molecule has 27 heavy (non-hydrogen) atoms. The Morgan fingerprint density at radius 2 is 1.52 bits per heavy atom. The number of carbonyl (C=O) groups excluding carboxylic acids is 1. The molecule has 0 aliphatic heterocycles. The predicted molar refractivity (Wildman–Crippen MR) is 116 cm³/mol. The van der Waals surface area contributed by atoms with E-state index in [-0.39, 0.29) is 17.0 Å². The third-order valence-corrected chi connectivity index (χ3v) is 14.1. The van der Waals surface area contributed by atoms with Crippen LogP contribution in [0.25, 0.3) is 0 Å². The van der Waals surface area contributed by atoms with Gasteiger partial charge in [-0.1, -0.05) is 59.2 Å². The van der Waals surface area contributed by atoms with Crippen molar-refractivity contribution in [2.24, 2.45) is 5.92 Å². The van der Waals surface area contributed by atoms with E-state index in [1.165, 1.54) is 0 Å². The molecule has 3 atom stereocenters. The van der Waals surface area contributed by atoms with E-state index in [1.54, 1.807) is 0 Å². The molecular formula is C22H36O3SSi. The molecule has 0 heterocycles. The lowest BCUT2D eigenvalue weighted by Gasteiger charge is -2.42. The third-order valence-electron chi connectivity index (χ3n) is 6.25. The second kappa shape index (κ2) is 9.14. The van der Waals surface area contributed by atoms with Crippen molar-refractivity contribution in [1.82, 2.24) is 0 Å². The number of benzene rings is 1. The van der Waals surface area contributed by atoms with Crippen molar-refractivity contribution in [3.8, 4) is 0 Å². The van der Waals surface area contributed by atoms with Crippen LogP contribution in [0, 0.1) is 12.8 Å². The van der Waals surface area contributed by atoms with Crippen LogP contribution >= 0.6 is 0 Å². The maximum Gasteiger partial charge on any atom is 0.200 e. The Balaban J connectivity index is 2.08. The molecule has 0 aromatic heterocycles. The Bertz CT molecular complexity index is 645. The average molecular weight is 409 g/mol. The zero-order chi connectivity index (χ0) is 20.4. The average Bonchev–Trinajstić information content (AvgIpc) is 2.95. The van der Waals surface area contributed by atoms with Crippen LogP contribution in [0.1, 0.15) is 59.9 Å². The highest BCUT2D eigenvalue weighted by Gasteiger charge is 2.47. The van der Waals surface area contributed by atoms with Crippen LogP contribution < -0.4 is 0 Å². The summed E-state index contributed by atoms with van der Waals surface area (Å²) in [6.07, 6.45) is 1.49. The number of ketones is 1. The summed E-state index contributed by atoms with van der Waals surface area (Å²) < 4.78 is 19.5. The number of carbonyl (C=O) groups is 1. The molecule has 0 radical (unpaired) electrons. The second-order valence-corrected chi connectivity index (χ2v) is 16.0. The maximum atomic E-state index is 13.0. The van der Waals surface area contributed by atoms with Crippen LogP contribution in [-0.2, 0) is 20.0 Å². The van der Waals surface area contributed by atoms with E-state index >= 15 is 0 Å². The molecule has 152 valence electrons. The van der Waals surface area contributed by atoms with Gasteiger partial charge in [0.15, 0.2) is 14.1 Å². The highest BCUT2D eigenvalue weighted by Crippen LogP contribution is 2.43. The van der Waals surface area contributed by atoms with Gasteiger partial charge in [0.2, 0.25) is 0 Å². The fourth-order valence-corrected chi connectivity index (χ4v) is 11.8. The molecule has 0 bridgehead atoms. The SMILES string of the molecule is Cc1ccc([S@](=O)[C@H]2CC[C@@H](CO[Si](C(C)C)(C(C)C)C(C)C)C2=O)cc1. The van der Waals surface area contributed by atoms with Gasteiger partial charge in [0, 0.05) is 17.4 Å². The first-order valence-corrected chi connectivity index (χ1v) is 13.6. The van der Waals surface area contributed by atoms with Crippen molar-refractivity contribution in [1.29, 1.82) is 0 Å². The summed E-state index contributed by atoms with van der Waals surface area (Å²) in [7, 11) is -3.23. The number of hydrogen-bond acceptors (Lipinski definition) is 3. The normalized spacial score (nSPS) is 22.2. The minimum atomic E-state index is -1.97. The maximum absolute atomic E-state index is 13.0. The van der Waals surface area contributed by atoms with E-state index < -0.39 is 19.1 Å². The van der Waals surface area contributed by atoms with Gasteiger partial charge in [0.25, 0.3) is 0 Å². The second-order valence-electron chi connectivity index (χ2n) is 8.90. The first-order valence-electron chi connectivity index (χ1n) is 10.3. The fraction of sp³-hybridized carbons (Fsp3) is 0.682. The lowest BCUT2D eigenvalue weighted by Crippen LogP contribution is -2.49. The zero-order valence-corrected chi connectivity index (χ0v) is 19.8. The Kier molecular flexibility index (Phi) is 7.62. The minimum Gasteiger partial charge on any atom is -0.415 e. The molecule has 1 aromatic rings. The first kappa shape index (κ1) is 22.5. The van der Waals surface area contributed by atoms with Gasteiger partial charge in [-0.3, -0.25) is 9.00 Å². The molecule has 5 heteroatoms. The highest BCUT2D eigenvalue weighted by molar-refractivity contribution is 7.86. The van der Waals surface area contributed by atoms with Gasteiger partial charge < -0.3 is 4.43 Å². The van der Waals surface area contributed by atoms with Crippen LogP contribution in [0.5, 0.6) is 0 Å². The molecule has 0 N–H and O–H groups in total. The molecule has 1 fully saturated rings. The van der Waals surface area contributed by atoms with Gasteiger partial charge in [-0.05, 0) is 48.5 Å². The molecule has 3 nitrogen and oxygen atoms in total. The van der Waals surface area contributed by atoms with E-state index in [0.717, 1.165) is 16.9 Å². The summed E-state index contributed by atoms with van der Waals surface area (Å²) in [5.41, 5.74) is 2.65. The summed E-state index contributed by atoms with van der Waals surface area (Å²) in [5.74, 6) is 0.0283. The molecule has 0 spiro atoms. The monoisotopic (exact) mass is 408 g/mol. The van der Waals surface area contributed by atoms with Crippen molar-refractivity contribution < 1.29 is 13.4 Å². The topological polar surface area (TPSA) is 43.4 Å². The molecule has 0 unspecified atom stereocenters. The summed E-state index contributed by atoms with van der Waals surface area (Å²) in [6, 6.07) is 7.69. The van der Waals surface area contributed by atoms with Crippen LogP contribution in [0.15, 0.2) is 29.2 Å². The van der Waals surface area contributed by atoms with E-state index in [9.17, 15) is 9.00 Å². The minimum absolute atomic E-state index is 0.104. The summed E-state index contributed by atoms with van der Waals surface area (Å²) in [5, 5.41) is -0.380. The van der Waals surface area contributed by atoms with Crippen LogP contribution in [-0.4, -0.2) is 30.2 Å². The Hall–Kier alpha value is -0.783. The van der Waals surface area contributed by atoms with E-state index in [1.807, 2.05) is 31.2 Å². The largest absolute Gasteiger partial charge is 0.415 e. The number of hydrogen-bond donors (Lipinski definition) is 0. The molecule has 0 amide bonds. The third kappa shape index (κ3) is 4.62. The quantitative estimate of drug-likeness (QED) is 0.523. The van der Waals surface area contributed by atoms with Gasteiger partial charge in [0.05, 0.1) is 16.0 Å². The molecular weight excluding hydrogens is 372 g/mol. The number of Topliss-reactive ketones (excluding diaryl/α,β-unsaturated/α-hetero) is 1. The van der Waals surface area contributed by atoms with E-state index in [4.69, 9.17) is 4.43 Å². The molecule has 1 aliphatic carbocycles. The molecule has 1 aromatic carbocycles. The summed E-state index contributed by atoms with van der Waals surface area (Å²) in [4.78, 5) is 13.7. The van der Waals surface area contributed by atoms with Crippen molar-refractivity contribution in [2.75, 3.05) is 6.61 Å². The summed E-state index contributed by atoms with van der Waals surface area (Å²) in [6.45, 7) is 16.1. The Morgan fingerprint density at radius 1 is 1.00 bits per heavy atom. The first-order chi connectivity index (χ1) is 12.6. The molecule has 0 saturated heterocycles. The number of aryl methyl sites for hydroxylation is 1. The molecule has 1 saturated carbocycles.